The second-order valence-electron chi connectivity index (χ2n) is 7.27. The van der Waals surface area contributed by atoms with Crippen molar-refractivity contribution >= 4 is 5.97 Å². The number of hydrogen-bond acceptors (Lipinski definition) is 4. The van der Waals surface area contributed by atoms with Crippen molar-refractivity contribution in [3.05, 3.63) is 0 Å². The van der Waals surface area contributed by atoms with Crippen LogP contribution in [0.5, 0.6) is 0 Å². The Balaban J connectivity index is 1.82. The van der Waals surface area contributed by atoms with E-state index in [1.165, 1.54) is 38.6 Å². The summed E-state index contributed by atoms with van der Waals surface area (Å²) in [6.45, 7) is 11.0. The molecule has 0 atom stereocenters. The lowest BCUT2D eigenvalue weighted by molar-refractivity contribution is -0.154. The van der Waals surface area contributed by atoms with Crippen molar-refractivity contribution < 1.29 is 14.3 Å². The van der Waals surface area contributed by atoms with E-state index in [9.17, 15) is 4.79 Å². The van der Waals surface area contributed by atoms with Gasteiger partial charge in [0.05, 0.1) is 13.2 Å². The van der Waals surface area contributed by atoms with E-state index in [0.717, 1.165) is 39.1 Å². The number of carbonyl (C=O) groups excluding carboxylic acids is 1. The maximum Gasteiger partial charge on any atom is 0.306 e. The number of rotatable bonds is 10. The smallest absolute Gasteiger partial charge is 0.306 e. The molecule has 1 aliphatic heterocycles. The highest BCUT2D eigenvalue weighted by atomic mass is 16.6. The largest absolute Gasteiger partial charge is 0.460 e. The minimum absolute atomic E-state index is 0.0574. The van der Waals surface area contributed by atoms with Gasteiger partial charge in [-0.25, -0.2) is 0 Å². The average molecular weight is 313 g/mol. The van der Waals surface area contributed by atoms with Crippen LogP contribution in [0.3, 0.4) is 0 Å². The van der Waals surface area contributed by atoms with Crippen LogP contribution in [0.1, 0.15) is 72.1 Å². The SMILES string of the molecule is CC(C)(C)OC(=O)CCCCCCCCCN1CCOCC1. The molecule has 0 amide bonds. The Kier molecular flexibility index (Phi) is 9.73. The fourth-order valence-corrected chi connectivity index (χ4v) is 2.71. The number of morpholine rings is 1. The lowest BCUT2D eigenvalue weighted by atomic mass is 10.1. The normalized spacial score (nSPS) is 16.7. The Morgan fingerprint density at radius 3 is 2.09 bits per heavy atom. The summed E-state index contributed by atoms with van der Waals surface area (Å²) in [6.07, 6.45) is 9.13. The zero-order valence-corrected chi connectivity index (χ0v) is 14.9. The van der Waals surface area contributed by atoms with Crippen LogP contribution < -0.4 is 0 Å². The van der Waals surface area contributed by atoms with Crippen molar-refractivity contribution in [2.24, 2.45) is 0 Å². The number of hydrogen-bond donors (Lipinski definition) is 0. The maximum absolute atomic E-state index is 11.5. The molecule has 0 spiro atoms. The average Bonchev–Trinajstić information content (AvgIpc) is 2.44. The number of esters is 1. The number of nitrogens with zero attached hydrogens (tertiary/aromatic N) is 1. The Morgan fingerprint density at radius 1 is 0.955 bits per heavy atom. The van der Waals surface area contributed by atoms with Crippen molar-refractivity contribution in [3.8, 4) is 0 Å². The summed E-state index contributed by atoms with van der Waals surface area (Å²) >= 11 is 0. The van der Waals surface area contributed by atoms with Gasteiger partial charge in [0.25, 0.3) is 0 Å². The molecule has 4 heteroatoms. The molecule has 0 bridgehead atoms. The lowest BCUT2D eigenvalue weighted by Gasteiger charge is -2.26. The third-order valence-corrected chi connectivity index (χ3v) is 3.88. The molecule has 1 saturated heterocycles. The maximum atomic E-state index is 11.5. The summed E-state index contributed by atoms with van der Waals surface area (Å²) in [4.78, 5) is 14.1. The molecule has 1 rings (SSSR count). The van der Waals surface area contributed by atoms with E-state index in [1.54, 1.807) is 0 Å². The van der Waals surface area contributed by atoms with E-state index in [-0.39, 0.29) is 11.6 Å². The molecular weight excluding hydrogens is 278 g/mol. The molecule has 22 heavy (non-hydrogen) atoms. The van der Waals surface area contributed by atoms with Crippen molar-refractivity contribution in [1.82, 2.24) is 4.90 Å². The van der Waals surface area contributed by atoms with Gasteiger partial charge in [-0.05, 0) is 40.2 Å². The van der Waals surface area contributed by atoms with E-state index in [0.29, 0.717) is 6.42 Å². The first kappa shape index (κ1) is 19.4. The van der Waals surface area contributed by atoms with Gasteiger partial charge in [0, 0.05) is 19.5 Å². The van der Waals surface area contributed by atoms with Crippen LogP contribution in [-0.2, 0) is 14.3 Å². The van der Waals surface area contributed by atoms with Crippen molar-refractivity contribution in [2.75, 3.05) is 32.8 Å². The molecule has 0 N–H and O–H groups in total. The Morgan fingerprint density at radius 2 is 1.50 bits per heavy atom. The summed E-state index contributed by atoms with van der Waals surface area (Å²) in [5, 5.41) is 0. The van der Waals surface area contributed by atoms with Gasteiger partial charge < -0.3 is 9.47 Å². The predicted octanol–water partition coefficient (Wildman–Crippen LogP) is 3.78. The molecule has 0 aromatic heterocycles. The summed E-state index contributed by atoms with van der Waals surface area (Å²) < 4.78 is 10.7. The first-order valence-corrected chi connectivity index (χ1v) is 8.99. The van der Waals surface area contributed by atoms with E-state index >= 15 is 0 Å². The second kappa shape index (κ2) is 11.0. The molecule has 0 aromatic carbocycles. The topological polar surface area (TPSA) is 38.8 Å². The second-order valence-corrected chi connectivity index (χ2v) is 7.27. The Bertz CT molecular complexity index is 293. The fourth-order valence-electron chi connectivity index (χ4n) is 2.71. The molecule has 0 aromatic rings. The molecule has 0 saturated carbocycles. The molecule has 4 nitrogen and oxygen atoms in total. The van der Waals surface area contributed by atoms with Gasteiger partial charge >= 0.3 is 5.97 Å². The monoisotopic (exact) mass is 313 g/mol. The zero-order chi connectivity index (χ0) is 16.3. The molecular formula is C18H35NO3. The van der Waals surface area contributed by atoms with Crippen LogP contribution in [0.25, 0.3) is 0 Å². The van der Waals surface area contributed by atoms with Crippen molar-refractivity contribution in [2.45, 2.75) is 77.7 Å². The quantitative estimate of drug-likeness (QED) is 0.454. The molecule has 0 unspecified atom stereocenters. The van der Waals surface area contributed by atoms with Gasteiger partial charge in [0.2, 0.25) is 0 Å². The highest BCUT2D eigenvalue weighted by molar-refractivity contribution is 5.69. The molecule has 1 aliphatic rings. The molecule has 0 radical (unpaired) electrons. The van der Waals surface area contributed by atoms with E-state index in [1.807, 2.05) is 20.8 Å². The first-order valence-electron chi connectivity index (χ1n) is 8.99. The predicted molar refractivity (Wildman–Crippen MR) is 90.0 cm³/mol. The van der Waals surface area contributed by atoms with Gasteiger partial charge in [-0.1, -0.05) is 32.1 Å². The van der Waals surface area contributed by atoms with Crippen LogP contribution in [-0.4, -0.2) is 49.3 Å². The summed E-state index contributed by atoms with van der Waals surface area (Å²) in [5.74, 6) is -0.0574. The third kappa shape index (κ3) is 11.0. The van der Waals surface area contributed by atoms with E-state index in [2.05, 4.69) is 4.90 Å². The number of ether oxygens (including phenoxy) is 2. The number of unbranched alkanes of at least 4 members (excludes halogenated alkanes) is 6. The Hall–Kier alpha value is -0.610. The molecule has 130 valence electrons. The molecule has 0 aliphatic carbocycles. The van der Waals surface area contributed by atoms with Gasteiger partial charge in [-0.15, -0.1) is 0 Å². The zero-order valence-electron chi connectivity index (χ0n) is 14.9. The standard InChI is InChI=1S/C18H35NO3/c1-18(2,3)22-17(20)11-9-7-5-4-6-8-10-12-19-13-15-21-16-14-19/h4-16H2,1-3H3. The summed E-state index contributed by atoms with van der Waals surface area (Å²) in [5.41, 5.74) is -0.350. The van der Waals surface area contributed by atoms with Crippen molar-refractivity contribution in [1.29, 1.82) is 0 Å². The van der Waals surface area contributed by atoms with Crippen LogP contribution in [0.15, 0.2) is 0 Å². The number of carbonyl (C=O) groups is 1. The van der Waals surface area contributed by atoms with Crippen LogP contribution >= 0.6 is 0 Å². The van der Waals surface area contributed by atoms with Crippen LogP contribution in [0, 0.1) is 0 Å². The Labute approximate surface area is 136 Å². The third-order valence-electron chi connectivity index (χ3n) is 3.88. The van der Waals surface area contributed by atoms with Gasteiger partial charge in [0.1, 0.15) is 5.60 Å². The van der Waals surface area contributed by atoms with Crippen LogP contribution in [0.4, 0.5) is 0 Å². The van der Waals surface area contributed by atoms with Gasteiger partial charge in [-0.3, -0.25) is 9.69 Å². The summed E-state index contributed by atoms with van der Waals surface area (Å²) in [6, 6.07) is 0. The molecule has 1 heterocycles. The minimum Gasteiger partial charge on any atom is -0.460 e. The highest BCUT2D eigenvalue weighted by Gasteiger charge is 2.15. The summed E-state index contributed by atoms with van der Waals surface area (Å²) in [7, 11) is 0. The fraction of sp³-hybridized carbons (Fsp3) is 0.944. The van der Waals surface area contributed by atoms with Crippen molar-refractivity contribution in [3.63, 3.8) is 0 Å². The highest BCUT2D eigenvalue weighted by Crippen LogP contribution is 2.12. The van der Waals surface area contributed by atoms with E-state index < -0.39 is 0 Å². The minimum atomic E-state index is -0.350. The molecule has 1 fully saturated rings. The van der Waals surface area contributed by atoms with Gasteiger partial charge in [-0.2, -0.15) is 0 Å². The lowest BCUT2D eigenvalue weighted by Crippen LogP contribution is -2.36. The first-order chi connectivity index (χ1) is 10.5. The van der Waals surface area contributed by atoms with E-state index in [4.69, 9.17) is 9.47 Å². The van der Waals surface area contributed by atoms with Gasteiger partial charge in [0.15, 0.2) is 0 Å². The van der Waals surface area contributed by atoms with Crippen LogP contribution in [0.2, 0.25) is 0 Å².